The van der Waals surface area contributed by atoms with E-state index in [1.807, 2.05) is 18.5 Å². The number of aryl methyl sites for hydroxylation is 1. The fourth-order valence-electron chi connectivity index (χ4n) is 1.31. The minimum Gasteiger partial charge on any atom is -0.264 e. The molecule has 0 N–H and O–H groups in total. The van der Waals surface area contributed by atoms with Crippen LogP contribution >= 0.6 is 15.9 Å². The summed E-state index contributed by atoms with van der Waals surface area (Å²) in [6.07, 6.45) is 3.70. The summed E-state index contributed by atoms with van der Waals surface area (Å²) in [5, 5.41) is 2.44. The maximum absolute atomic E-state index is 4.08. The van der Waals surface area contributed by atoms with Crippen LogP contribution in [0.5, 0.6) is 0 Å². The summed E-state index contributed by atoms with van der Waals surface area (Å²) in [6.45, 7) is 2.11. The Morgan fingerprint density at radius 1 is 1.17 bits per heavy atom. The third-order valence-electron chi connectivity index (χ3n) is 1.98. The van der Waals surface area contributed by atoms with Crippen LogP contribution in [0.3, 0.4) is 0 Å². The lowest BCUT2D eigenvalue weighted by Crippen LogP contribution is -1.80. The molecule has 1 aromatic carbocycles. The molecule has 2 aromatic rings. The van der Waals surface area contributed by atoms with Gasteiger partial charge in [-0.1, -0.05) is 22.0 Å². The van der Waals surface area contributed by atoms with Crippen LogP contribution in [0.15, 0.2) is 35.1 Å². The molecule has 12 heavy (non-hydrogen) atoms. The standard InChI is InChI=1S/C10H8BrN/c1-7-2-3-10(11)9-6-12-5-4-8(7)9/h2-6H,1H3. The molecule has 0 atom stereocenters. The van der Waals surface area contributed by atoms with Crippen molar-refractivity contribution in [1.29, 1.82) is 0 Å². The molecule has 0 spiro atoms. The largest absolute Gasteiger partial charge is 0.264 e. The molecule has 0 amide bonds. The van der Waals surface area contributed by atoms with Gasteiger partial charge in [-0.3, -0.25) is 4.98 Å². The Kier molecular flexibility index (Phi) is 1.85. The van der Waals surface area contributed by atoms with Gasteiger partial charge in [0, 0.05) is 22.3 Å². The Morgan fingerprint density at radius 3 is 2.75 bits per heavy atom. The predicted octanol–water partition coefficient (Wildman–Crippen LogP) is 3.31. The van der Waals surface area contributed by atoms with Crippen LogP contribution in [0.1, 0.15) is 5.56 Å². The molecule has 0 aliphatic heterocycles. The molecule has 2 rings (SSSR count). The van der Waals surface area contributed by atoms with E-state index in [1.165, 1.54) is 16.3 Å². The fourth-order valence-corrected chi connectivity index (χ4v) is 1.75. The zero-order valence-electron chi connectivity index (χ0n) is 6.71. The summed E-state index contributed by atoms with van der Waals surface area (Å²) in [5.41, 5.74) is 1.29. The summed E-state index contributed by atoms with van der Waals surface area (Å²) < 4.78 is 1.11. The number of hydrogen-bond donors (Lipinski definition) is 0. The first-order valence-electron chi connectivity index (χ1n) is 3.78. The van der Waals surface area contributed by atoms with Crippen molar-refractivity contribution in [2.75, 3.05) is 0 Å². The molecule has 2 heteroatoms. The van der Waals surface area contributed by atoms with Crippen LogP contribution in [0.2, 0.25) is 0 Å². The molecular formula is C10H8BrN. The topological polar surface area (TPSA) is 12.9 Å². The van der Waals surface area contributed by atoms with Crippen molar-refractivity contribution in [2.45, 2.75) is 6.92 Å². The van der Waals surface area contributed by atoms with E-state index in [0.717, 1.165) is 4.47 Å². The lowest BCUT2D eigenvalue weighted by molar-refractivity contribution is 1.35. The second kappa shape index (κ2) is 2.87. The Labute approximate surface area is 79.6 Å². The van der Waals surface area contributed by atoms with E-state index >= 15 is 0 Å². The van der Waals surface area contributed by atoms with Crippen molar-refractivity contribution >= 4 is 26.7 Å². The van der Waals surface area contributed by atoms with Gasteiger partial charge in [-0.2, -0.15) is 0 Å². The maximum atomic E-state index is 4.08. The average Bonchev–Trinajstić information content (AvgIpc) is 2.12. The van der Waals surface area contributed by atoms with Crippen molar-refractivity contribution < 1.29 is 0 Å². The van der Waals surface area contributed by atoms with Gasteiger partial charge in [0.15, 0.2) is 0 Å². The highest BCUT2D eigenvalue weighted by atomic mass is 79.9. The van der Waals surface area contributed by atoms with E-state index in [2.05, 4.69) is 40.0 Å². The molecule has 0 fully saturated rings. The third kappa shape index (κ3) is 1.12. The first-order valence-corrected chi connectivity index (χ1v) is 4.57. The SMILES string of the molecule is Cc1ccc(Br)c2cnccc12. The van der Waals surface area contributed by atoms with E-state index in [9.17, 15) is 0 Å². The first-order chi connectivity index (χ1) is 5.79. The Morgan fingerprint density at radius 2 is 2.00 bits per heavy atom. The number of hydrogen-bond acceptors (Lipinski definition) is 1. The van der Waals surface area contributed by atoms with Gasteiger partial charge >= 0.3 is 0 Å². The van der Waals surface area contributed by atoms with Crippen LogP contribution in [-0.2, 0) is 0 Å². The Balaban J connectivity index is 2.95. The Bertz CT molecular complexity index is 383. The predicted molar refractivity (Wildman–Crippen MR) is 54.2 cm³/mol. The van der Waals surface area contributed by atoms with E-state index in [1.54, 1.807) is 0 Å². The number of fused-ring (bicyclic) bond motifs is 1. The highest BCUT2D eigenvalue weighted by molar-refractivity contribution is 9.10. The third-order valence-corrected chi connectivity index (χ3v) is 2.67. The average molecular weight is 222 g/mol. The lowest BCUT2D eigenvalue weighted by Gasteiger charge is -2.02. The molecule has 1 heterocycles. The molecule has 0 saturated heterocycles. The van der Waals surface area contributed by atoms with Gasteiger partial charge in [-0.05, 0) is 30.0 Å². The summed E-state index contributed by atoms with van der Waals surface area (Å²) in [7, 11) is 0. The summed E-state index contributed by atoms with van der Waals surface area (Å²) in [6, 6.07) is 6.20. The highest BCUT2D eigenvalue weighted by Gasteiger charge is 1.99. The summed E-state index contributed by atoms with van der Waals surface area (Å²) in [5.74, 6) is 0. The zero-order chi connectivity index (χ0) is 8.55. The van der Waals surface area contributed by atoms with Crippen LogP contribution in [0.4, 0.5) is 0 Å². The number of benzene rings is 1. The van der Waals surface area contributed by atoms with Crippen molar-refractivity contribution in [2.24, 2.45) is 0 Å². The molecule has 60 valence electrons. The monoisotopic (exact) mass is 221 g/mol. The molecule has 0 bridgehead atoms. The van der Waals surface area contributed by atoms with Gasteiger partial charge in [0.05, 0.1) is 0 Å². The highest BCUT2D eigenvalue weighted by Crippen LogP contribution is 2.25. The van der Waals surface area contributed by atoms with Gasteiger partial charge in [-0.15, -0.1) is 0 Å². The van der Waals surface area contributed by atoms with E-state index in [-0.39, 0.29) is 0 Å². The molecule has 1 nitrogen and oxygen atoms in total. The van der Waals surface area contributed by atoms with Crippen molar-refractivity contribution in [3.05, 3.63) is 40.6 Å². The van der Waals surface area contributed by atoms with Crippen LogP contribution in [0.25, 0.3) is 10.8 Å². The first kappa shape index (κ1) is 7.74. The number of aromatic nitrogens is 1. The van der Waals surface area contributed by atoms with Crippen LogP contribution in [-0.4, -0.2) is 4.98 Å². The summed E-state index contributed by atoms with van der Waals surface area (Å²) in [4.78, 5) is 4.08. The van der Waals surface area contributed by atoms with Gasteiger partial charge in [-0.25, -0.2) is 0 Å². The smallest absolute Gasteiger partial charge is 0.0357 e. The second-order valence-electron chi connectivity index (χ2n) is 2.79. The van der Waals surface area contributed by atoms with Crippen molar-refractivity contribution in [3.63, 3.8) is 0 Å². The van der Waals surface area contributed by atoms with Crippen LogP contribution < -0.4 is 0 Å². The van der Waals surface area contributed by atoms with Crippen molar-refractivity contribution in [1.82, 2.24) is 4.98 Å². The molecular weight excluding hydrogens is 214 g/mol. The lowest BCUT2D eigenvalue weighted by atomic mass is 10.1. The Hall–Kier alpha value is -0.890. The number of nitrogens with zero attached hydrogens (tertiary/aromatic N) is 1. The molecule has 0 aliphatic carbocycles. The van der Waals surface area contributed by atoms with E-state index in [4.69, 9.17) is 0 Å². The van der Waals surface area contributed by atoms with Gasteiger partial charge in [0.25, 0.3) is 0 Å². The number of pyridine rings is 1. The molecule has 0 unspecified atom stereocenters. The molecule has 1 aromatic heterocycles. The second-order valence-corrected chi connectivity index (χ2v) is 3.64. The fraction of sp³-hybridized carbons (Fsp3) is 0.100. The van der Waals surface area contributed by atoms with Gasteiger partial charge in [0.1, 0.15) is 0 Å². The van der Waals surface area contributed by atoms with Crippen LogP contribution in [0, 0.1) is 6.92 Å². The zero-order valence-corrected chi connectivity index (χ0v) is 8.30. The van der Waals surface area contributed by atoms with Gasteiger partial charge < -0.3 is 0 Å². The normalized spacial score (nSPS) is 10.5. The molecule has 0 radical (unpaired) electrons. The van der Waals surface area contributed by atoms with E-state index < -0.39 is 0 Å². The molecule has 0 saturated carbocycles. The minimum atomic E-state index is 1.11. The number of halogens is 1. The number of rotatable bonds is 0. The minimum absolute atomic E-state index is 1.11. The quantitative estimate of drug-likeness (QED) is 0.666. The van der Waals surface area contributed by atoms with Crippen molar-refractivity contribution in [3.8, 4) is 0 Å². The van der Waals surface area contributed by atoms with E-state index in [0.29, 0.717) is 0 Å². The van der Waals surface area contributed by atoms with Gasteiger partial charge in [0.2, 0.25) is 0 Å². The summed E-state index contributed by atoms with van der Waals surface area (Å²) >= 11 is 3.49. The maximum Gasteiger partial charge on any atom is 0.0357 e. The molecule has 0 aliphatic rings.